The molecule has 2 saturated carbocycles. The van der Waals surface area contributed by atoms with Gasteiger partial charge in [0, 0.05) is 34.3 Å². The van der Waals surface area contributed by atoms with Crippen LogP contribution in [0.3, 0.4) is 0 Å². The fourth-order valence-corrected chi connectivity index (χ4v) is 5.10. The summed E-state index contributed by atoms with van der Waals surface area (Å²) in [6.45, 7) is 4.64. The quantitative estimate of drug-likeness (QED) is 0.333. The number of pyridine rings is 1. The van der Waals surface area contributed by atoms with Crippen molar-refractivity contribution in [3.05, 3.63) is 57.6 Å². The number of piperidine rings is 1. The molecule has 1 unspecified atom stereocenters. The van der Waals surface area contributed by atoms with E-state index in [1.165, 1.54) is 18.9 Å². The maximum absolute atomic E-state index is 14.4. The molecular formula is C26H32ClFN2O3. The van der Waals surface area contributed by atoms with Crippen LogP contribution in [0.15, 0.2) is 24.3 Å². The van der Waals surface area contributed by atoms with Crippen molar-refractivity contribution >= 4 is 11.6 Å². The van der Waals surface area contributed by atoms with Crippen LogP contribution >= 0.6 is 11.6 Å². The van der Waals surface area contributed by atoms with Gasteiger partial charge in [0.05, 0.1) is 12.3 Å². The van der Waals surface area contributed by atoms with Gasteiger partial charge in [-0.25, -0.2) is 9.28 Å². The standard InChI is InChI=1S/C26H32ClFN2O3/c1-16(24-11-21(27)12-25(29-24)19-4-5-19)30-8-6-17(7-9-30)14-32-26-13-23(28)20(15-33-31)10-22(26)18-2-3-18/h10-13,16-19,31H,2-9,14-15H2,1H3. The summed E-state index contributed by atoms with van der Waals surface area (Å²) in [6.07, 6.45) is 6.71. The van der Waals surface area contributed by atoms with E-state index in [-0.39, 0.29) is 12.6 Å². The summed E-state index contributed by atoms with van der Waals surface area (Å²) in [7, 11) is 0. The van der Waals surface area contributed by atoms with Crippen LogP contribution in [0.5, 0.6) is 5.75 Å². The molecule has 178 valence electrons. The van der Waals surface area contributed by atoms with Crippen molar-refractivity contribution in [3.63, 3.8) is 0 Å². The highest BCUT2D eigenvalue weighted by atomic mass is 35.5. The highest BCUT2D eigenvalue weighted by Gasteiger charge is 2.30. The fourth-order valence-electron chi connectivity index (χ4n) is 4.88. The van der Waals surface area contributed by atoms with Gasteiger partial charge in [-0.15, -0.1) is 0 Å². The number of benzene rings is 1. The summed E-state index contributed by atoms with van der Waals surface area (Å²) in [5, 5.41) is 9.49. The Bertz CT molecular complexity index is 988. The van der Waals surface area contributed by atoms with E-state index in [9.17, 15) is 4.39 Å². The third kappa shape index (κ3) is 5.51. The van der Waals surface area contributed by atoms with Gasteiger partial charge in [-0.2, -0.15) is 0 Å². The first kappa shape index (κ1) is 23.0. The number of ether oxygens (including phenoxy) is 1. The lowest BCUT2D eigenvalue weighted by atomic mass is 9.96. The lowest BCUT2D eigenvalue weighted by Gasteiger charge is -2.36. The van der Waals surface area contributed by atoms with Gasteiger partial charge in [-0.05, 0) is 94.1 Å². The fraction of sp³-hybridized carbons (Fsp3) is 0.577. The normalized spacial score (nSPS) is 20.7. The zero-order valence-electron chi connectivity index (χ0n) is 19.1. The van der Waals surface area contributed by atoms with Crippen molar-refractivity contribution in [2.45, 2.75) is 69.9 Å². The zero-order valence-corrected chi connectivity index (χ0v) is 19.9. The maximum atomic E-state index is 14.4. The van der Waals surface area contributed by atoms with Gasteiger partial charge < -0.3 is 4.74 Å². The monoisotopic (exact) mass is 474 g/mol. The van der Waals surface area contributed by atoms with Gasteiger partial charge in [0.1, 0.15) is 18.2 Å². The van der Waals surface area contributed by atoms with Crippen molar-refractivity contribution in [1.29, 1.82) is 0 Å². The predicted octanol–water partition coefficient (Wildman–Crippen LogP) is 6.47. The Morgan fingerprint density at radius 2 is 1.82 bits per heavy atom. The third-order valence-electron chi connectivity index (χ3n) is 7.34. The third-order valence-corrected chi connectivity index (χ3v) is 7.56. The van der Waals surface area contributed by atoms with Crippen LogP contribution in [0, 0.1) is 11.7 Å². The molecule has 7 heteroatoms. The molecule has 0 bridgehead atoms. The number of rotatable bonds is 9. The molecule has 1 saturated heterocycles. The Kier molecular flexibility index (Phi) is 6.89. The second-order valence-corrected chi connectivity index (χ2v) is 10.3. The molecule has 0 amide bonds. The molecule has 1 aromatic carbocycles. The van der Waals surface area contributed by atoms with Gasteiger partial charge in [-0.1, -0.05) is 11.6 Å². The Labute approximate surface area is 199 Å². The van der Waals surface area contributed by atoms with Gasteiger partial charge in [-0.3, -0.25) is 15.1 Å². The second-order valence-electron chi connectivity index (χ2n) is 9.90. The Hall–Kier alpha value is -1.73. The van der Waals surface area contributed by atoms with Crippen LogP contribution in [0.2, 0.25) is 5.02 Å². The molecule has 5 nitrogen and oxygen atoms in total. The summed E-state index contributed by atoms with van der Waals surface area (Å²) in [6, 6.07) is 7.51. The molecule has 5 rings (SSSR count). The predicted molar refractivity (Wildman–Crippen MR) is 125 cm³/mol. The van der Waals surface area contributed by atoms with Crippen LogP contribution in [-0.4, -0.2) is 34.8 Å². The minimum atomic E-state index is -0.397. The largest absolute Gasteiger partial charge is 0.493 e. The van der Waals surface area contributed by atoms with Gasteiger partial charge in [0.15, 0.2) is 0 Å². The van der Waals surface area contributed by atoms with E-state index in [2.05, 4.69) is 16.7 Å². The van der Waals surface area contributed by atoms with Crippen molar-refractivity contribution in [2.75, 3.05) is 19.7 Å². The second kappa shape index (κ2) is 9.87. The van der Waals surface area contributed by atoms with Gasteiger partial charge in [0.25, 0.3) is 0 Å². The van der Waals surface area contributed by atoms with Gasteiger partial charge in [0.2, 0.25) is 0 Å². The average Bonchev–Trinajstić information content (AvgIpc) is 3.71. The highest BCUT2D eigenvalue weighted by Crippen LogP contribution is 2.45. The van der Waals surface area contributed by atoms with Crippen LogP contribution in [0.1, 0.15) is 85.8 Å². The first-order valence-corrected chi connectivity index (χ1v) is 12.5. The summed E-state index contributed by atoms with van der Waals surface area (Å²) in [5.41, 5.74) is 3.61. The van der Waals surface area contributed by atoms with E-state index >= 15 is 0 Å². The molecular weight excluding hydrogens is 443 g/mol. The first-order chi connectivity index (χ1) is 16.0. The zero-order chi connectivity index (χ0) is 22.9. The van der Waals surface area contributed by atoms with Crippen LogP contribution in [0.25, 0.3) is 0 Å². The average molecular weight is 475 g/mol. The number of hydrogen-bond acceptors (Lipinski definition) is 5. The lowest BCUT2D eigenvalue weighted by molar-refractivity contribution is -0.253. The van der Waals surface area contributed by atoms with Crippen molar-refractivity contribution in [2.24, 2.45) is 5.92 Å². The Balaban J connectivity index is 1.17. The molecule has 3 aliphatic rings. The minimum absolute atomic E-state index is 0.147. The van der Waals surface area contributed by atoms with E-state index < -0.39 is 5.82 Å². The molecule has 2 aliphatic carbocycles. The lowest BCUT2D eigenvalue weighted by Crippen LogP contribution is -2.37. The number of halogens is 2. The van der Waals surface area contributed by atoms with Crippen molar-refractivity contribution in [1.82, 2.24) is 9.88 Å². The SMILES string of the molecule is CC(c1cc(Cl)cc(C2CC2)n1)N1CCC(COc2cc(F)c(COO)cc2C2CC2)CC1. The van der Waals surface area contributed by atoms with E-state index in [0.29, 0.717) is 35.7 Å². The molecule has 33 heavy (non-hydrogen) atoms. The highest BCUT2D eigenvalue weighted by molar-refractivity contribution is 6.30. The number of nitrogens with zero attached hydrogens (tertiary/aromatic N) is 2. The van der Waals surface area contributed by atoms with E-state index in [1.807, 2.05) is 12.1 Å². The van der Waals surface area contributed by atoms with Crippen molar-refractivity contribution < 1.29 is 19.3 Å². The Morgan fingerprint density at radius 1 is 1.09 bits per heavy atom. The van der Waals surface area contributed by atoms with E-state index in [1.54, 1.807) is 6.07 Å². The van der Waals surface area contributed by atoms with E-state index in [0.717, 1.165) is 60.7 Å². The van der Waals surface area contributed by atoms with Gasteiger partial charge >= 0.3 is 0 Å². The molecule has 3 fully saturated rings. The Morgan fingerprint density at radius 3 is 2.48 bits per heavy atom. The summed E-state index contributed by atoms with van der Waals surface area (Å²) < 4.78 is 20.5. The maximum Gasteiger partial charge on any atom is 0.132 e. The summed E-state index contributed by atoms with van der Waals surface area (Å²) in [5.74, 6) is 1.70. The molecule has 1 atom stereocenters. The molecule has 1 N–H and O–H groups in total. The molecule has 1 aliphatic heterocycles. The minimum Gasteiger partial charge on any atom is -0.493 e. The molecule has 2 aromatic rings. The summed E-state index contributed by atoms with van der Waals surface area (Å²) >= 11 is 6.38. The number of aromatic nitrogens is 1. The van der Waals surface area contributed by atoms with E-state index in [4.69, 9.17) is 26.6 Å². The topological polar surface area (TPSA) is 54.8 Å². The first-order valence-electron chi connectivity index (χ1n) is 12.1. The molecule has 0 spiro atoms. The number of likely N-dealkylation sites (tertiary alicyclic amines) is 1. The molecule has 1 aromatic heterocycles. The van der Waals surface area contributed by atoms with Crippen LogP contribution in [-0.2, 0) is 11.5 Å². The molecule has 2 heterocycles. The van der Waals surface area contributed by atoms with Crippen LogP contribution in [0.4, 0.5) is 4.39 Å². The number of hydrogen-bond donors (Lipinski definition) is 1. The van der Waals surface area contributed by atoms with Crippen molar-refractivity contribution in [3.8, 4) is 5.75 Å². The smallest absolute Gasteiger partial charge is 0.132 e. The molecule has 0 radical (unpaired) electrons. The van der Waals surface area contributed by atoms with Crippen LogP contribution < -0.4 is 4.74 Å². The summed E-state index contributed by atoms with van der Waals surface area (Å²) in [4.78, 5) is 11.5.